The summed E-state index contributed by atoms with van der Waals surface area (Å²) in [5, 5.41) is 3.49. The summed E-state index contributed by atoms with van der Waals surface area (Å²) in [6.07, 6.45) is 7.95. The molecule has 1 aliphatic carbocycles. The fourth-order valence-electron chi connectivity index (χ4n) is 5.08. The first-order valence-electron chi connectivity index (χ1n) is 10.6. The quantitative estimate of drug-likeness (QED) is 0.505. The SMILES string of the molecule is CN=C(NCCCC(=O)N1CCc2ccccc21)N1CC2CCCCC2C1. The lowest BCUT2D eigenvalue weighted by molar-refractivity contribution is -0.118. The van der Waals surface area contributed by atoms with Crippen LogP contribution >= 0.6 is 0 Å². The number of hydrogen-bond acceptors (Lipinski definition) is 2. The Labute approximate surface area is 162 Å². The van der Waals surface area contributed by atoms with Crippen molar-refractivity contribution >= 4 is 17.6 Å². The maximum atomic E-state index is 12.6. The zero-order chi connectivity index (χ0) is 18.6. The van der Waals surface area contributed by atoms with Crippen LogP contribution in [0.25, 0.3) is 0 Å². The zero-order valence-corrected chi connectivity index (χ0v) is 16.5. The van der Waals surface area contributed by atoms with Crippen molar-refractivity contribution in [2.24, 2.45) is 16.8 Å². The van der Waals surface area contributed by atoms with Gasteiger partial charge in [-0.05, 0) is 49.1 Å². The fourth-order valence-corrected chi connectivity index (χ4v) is 5.08. The number of likely N-dealkylation sites (tertiary alicyclic amines) is 1. The van der Waals surface area contributed by atoms with Crippen LogP contribution in [-0.2, 0) is 11.2 Å². The van der Waals surface area contributed by atoms with Crippen molar-refractivity contribution in [2.45, 2.75) is 44.9 Å². The minimum Gasteiger partial charge on any atom is -0.356 e. The standard InChI is InChI=1S/C22H32N4O/c1-23-22(25-15-18-8-2-3-9-19(18)16-25)24-13-6-11-21(27)26-14-12-17-7-4-5-10-20(17)26/h4-5,7,10,18-19H,2-3,6,8-9,11-16H2,1H3,(H,23,24). The molecule has 3 aliphatic rings. The van der Waals surface area contributed by atoms with Crippen molar-refractivity contribution in [3.05, 3.63) is 29.8 Å². The third-order valence-electron chi connectivity index (χ3n) is 6.53. The molecule has 2 heterocycles. The molecule has 1 N–H and O–H groups in total. The summed E-state index contributed by atoms with van der Waals surface area (Å²) in [6.45, 7) is 3.92. The van der Waals surface area contributed by atoms with E-state index in [1.807, 2.05) is 18.0 Å². The highest BCUT2D eigenvalue weighted by Gasteiger charge is 2.35. The van der Waals surface area contributed by atoms with Crippen molar-refractivity contribution in [1.82, 2.24) is 10.2 Å². The van der Waals surface area contributed by atoms with Gasteiger partial charge in [-0.2, -0.15) is 0 Å². The molecule has 2 fully saturated rings. The minimum absolute atomic E-state index is 0.240. The first-order chi connectivity index (χ1) is 13.3. The van der Waals surface area contributed by atoms with Gasteiger partial charge in [0.05, 0.1) is 0 Å². The summed E-state index contributed by atoms with van der Waals surface area (Å²) >= 11 is 0. The number of nitrogens with one attached hydrogen (secondary N) is 1. The smallest absolute Gasteiger partial charge is 0.227 e. The number of amides is 1. The summed E-state index contributed by atoms with van der Waals surface area (Å²) in [5.41, 5.74) is 2.39. The van der Waals surface area contributed by atoms with E-state index in [0.29, 0.717) is 6.42 Å². The molecule has 0 aromatic heterocycles. The van der Waals surface area contributed by atoms with Crippen LogP contribution in [0.4, 0.5) is 5.69 Å². The molecule has 0 bridgehead atoms. The third kappa shape index (κ3) is 3.97. The van der Waals surface area contributed by atoms with Gasteiger partial charge in [-0.15, -0.1) is 0 Å². The first-order valence-corrected chi connectivity index (χ1v) is 10.6. The maximum absolute atomic E-state index is 12.6. The molecular weight excluding hydrogens is 336 g/mol. The Hall–Kier alpha value is -2.04. The summed E-state index contributed by atoms with van der Waals surface area (Å²) in [5.74, 6) is 2.97. The van der Waals surface area contributed by atoms with Crippen LogP contribution in [0.3, 0.4) is 0 Å². The minimum atomic E-state index is 0.240. The monoisotopic (exact) mass is 368 g/mol. The van der Waals surface area contributed by atoms with Gasteiger partial charge in [0.1, 0.15) is 0 Å². The van der Waals surface area contributed by atoms with Crippen LogP contribution in [0, 0.1) is 11.8 Å². The molecule has 5 nitrogen and oxygen atoms in total. The lowest BCUT2D eigenvalue weighted by atomic mass is 9.82. The number of para-hydroxylation sites is 1. The highest BCUT2D eigenvalue weighted by atomic mass is 16.2. The largest absolute Gasteiger partial charge is 0.356 e. The van der Waals surface area contributed by atoms with Gasteiger partial charge >= 0.3 is 0 Å². The molecule has 4 rings (SSSR count). The summed E-state index contributed by atoms with van der Waals surface area (Å²) in [6, 6.07) is 8.26. The Morgan fingerprint density at radius 1 is 1.19 bits per heavy atom. The zero-order valence-electron chi connectivity index (χ0n) is 16.5. The van der Waals surface area contributed by atoms with Crippen LogP contribution in [0.5, 0.6) is 0 Å². The van der Waals surface area contributed by atoms with Gasteiger partial charge in [0.25, 0.3) is 0 Å². The van der Waals surface area contributed by atoms with E-state index in [2.05, 4.69) is 33.4 Å². The van der Waals surface area contributed by atoms with Crippen LogP contribution in [-0.4, -0.2) is 50.0 Å². The number of carbonyl (C=O) groups is 1. The molecule has 146 valence electrons. The molecule has 1 aromatic carbocycles. The number of nitrogens with zero attached hydrogens (tertiary/aromatic N) is 3. The van der Waals surface area contributed by atoms with E-state index in [1.165, 1.54) is 31.2 Å². The van der Waals surface area contributed by atoms with E-state index in [4.69, 9.17) is 0 Å². The Balaban J connectivity index is 1.22. The number of hydrogen-bond donors (Lipinski definition) is 1. The van der Waals surface area contributed by atoms with E-state index < -0.39 is 0 Å². The van der Waals surface area contributed by atoms with Crippen LogP contribution in [0.2, 0.25) is 0 Å². The Kier molecular flexibility index (Phi) is 5.65. The van der Waals surface area contributed by atoms with Gasteiger partial charge in [0.2, 0.25) is 5.91 Å². The third-order valence-corrected chi connectivity index (χ3v) is 6.53. The molecule has 2 atom stereocenters. The van der Waals surface area contributed by atoms with Crippen molar-refractivity contribution in [1.29, 1.82) is 0 Å². The number of benzene rings is 1. The van der Waals surface area contributed by atoms with Crippen LogP contribution < -0.4 is 10.2 Å². The summed E-state index contributed by atoms with van der Waals surface area (Å²) in [4.78, 5) is 21.5. The van der Waals surface area contributed by atoms with Gasteiger partial charge < -0.3 is 15.1 Å². The second-order valence-electron chi connectivity index (χ2n) is 8.21. The van der Waals surface area contributed by atoms with Gasteiger partial charge in [-0.3, -0.25) is 9.79 Å². The predicted octanol–water partition coefficient (Wildman–Crippen LogP) is 3.05. The van der Waals surface area contributed by atoms with E-state index in [-0.39, 0.29) is 5.91 Å². The highest BCUT2D eigenvalue weighted by molar-refractivity contribution is 5.95. The Bertz CT molecular complexity index is 687. The molecule has 1 aromatic rings. The molecule has 1 saturated heterocycles. The normalized spacial score (nSPS) is 24.7. The number of carbonyl (C=O) groups excluding carboxylic acids is 1. The second-order valence-corrected chi connectivity index (χ2v) is 8.21. The van der Waals surface area contributed by atoms with Crippen molar-refractivity contribution in [3.63, 3.8) is 0 Å². The predicted molar refractivity (Wildman–Crippen MR) is 110 cm³/mol. The molecule has 0 radical (unpaired) electrons. The summed E-state index contributed by atoms with van der Waals surface area (Å²) in [7, 11) is 1.87. The van der Waals surface area contributed by atoms with Gasteiger partial charge in [0, 0.05) is 45.3 Å². The maximum Gasteiger partial charge on any atom is 0.227 e. The number of anilines is 1. The van der Waals surface area contributed by atoms with Crippen LogP contribution in [0.1, 0.15) is 44.1 Å². The van der Waals surface area contributed by atoms with E-state index in [0.717, 1.165) is 62.5 Å². The van der Waals surface area contributed by atoms with Crippen molar-refractivity contribution in [3.8, 4) is 0 Å². The lowest BCUT2D eigenvalue weighted by Gasteiger charge is -2.22. The topological polar surface area (TPSA) is 47.9 Å². The molecule has 2 aliphatic heterocycles. The van der Waals surface area contributed by atoms with Gasteiger partial charge in [0.15, 0.2) is 5.96 Å². The molecule has 1 amide bonds. The molecular formula is C22H32N4O. The van der Waals surface area contributed by atoms with Crippen molar-refractivity contribution < 1.29 is 4.79 Å². The number of fused-ring (bicyclic) bond motifs is 2. The average molecular weight is 369 g/mol. The van der Waals surface area contributed by atoms with Crippen LogP contribution in [0.15, 0.2) is 29.3 Å². The number of rotatable bonds is 4. The molecule has 1 saturated carbocycles. The number of aliphatic imine (C=N–C) groups is 1. The molecule has 27 heavy (non-hydrogen) atoms. The highest BCUT2D eigenvalue weighted by Crippen LogP contribution is 2.36. The average Bonchev–Trinajstić information content (AvgIpc) is 3.32. The fraction of sp³-hybridized carbons (Fsp3) is 0.636. The second kappa shape index (κ2) is 8.32. The van der Waals surface area contributed by atoms with Crippen molar-refractivity contribution in [2.75, 3.05) is 38.1 Å². The Morgan fingerprint density at radius 2 is 1.93 bits per heavy atom. The lowest BCUT2D eigenvalue weighted by Crippen LogP contribution is -2.41. The molecule has 0 spiro atoms. The van der Waals surface area contributed by atoms with E-state index >= 15 is 0 Å². The molecule has 5 heteroatoms. The van der Waals surface area contributed by atoms with E-state index in [9.17, 15) is 4.79 Å². The van der Waals surface area contributed by atoms with Gasteiger partial charge in [-0.1, -0.05) is 31.0 Å². The number of guanidine groups is 1. The molecule has 2 unspecified atom stereocenters. The summed E-state index contributed by atoms with van der Waals surface area (Å²) < 4.78 is 0. The van der Waals surface area contributed by atoms with E-state index in [1.54, 1.807) is 0 Å². The first kappa shape index (κ1) is 18.3. The van der Waals surface area contributed by atoms with Gasteiger partial charge in [-0.25, -0.2) is 0 Å². The Morgan fingerprint density at radius 3 is 2.67 bits per heavy atom.